The molecule has 0 amide bonds. The van der Waals surface area contributed by atoms with Gasteiger partial charge in [0.2, 0.25) is 5.78 Å². The van der Waals surface area contributed by atoms with Crippen LogP contribution in [0.25, 0.3) is 0 Å². The Labute approximate surface area is 223 Å². The van der Waals surface area contributed by atoms with E-state index in [0.717, 1.165) is 0 Å². The van der Waals surface area contributed by atoms with Crippen LogP contribution in [0, 0.1) is 0 Å². The van der Waals surface area contributed by atoms with Crippen LogP contribution in [0.3, 0.4) is 0 Å². The highest BCUT2D eigenvalue weighted by atomic mass is 16.7. The largest absolute Gasteiger partial charge is 0.507 e. The number of fused-ring (bicyclic) bond motifs is 4. The van der Waals surface area contributed by atoms with Crippen molar-refractivity contribution in [2.45, 2.75) is 69.4 Å². The Morgan fingerprint density at radius 1 is 1.13 bits per heavy atom. The summed E-state index contributed by atoms with van der Waals surface area (Å²) in [4.78, 5) is 44.1. The van der Waals surface area contributed by atoms with E-state index >= 15 is 0 Å². The number of methoxy groups -OCH3 is 1. The van der Waals surface area contributed by atoms with E-state index in [1.165, 1.54) is 38.6 Å². The lowest BCUT2D eigenvalue weighted by molar-refractivity contribution is -0.241. The number of aliphatic imine (C=N–C) groups is 1. The minimum absolute atomic E-state index is 0.00502. The highest BCUT2D eigenvalue weighted by Gasteiger charge is 2.50. The van der Waals surface area contributed by atoms with Gasteiger partial charge < -0.3 is 34.3 Å². The van der Waals surface area contributed by atoms with Crippen molar-refractivity contribution in [1.29, 1.82) is 0 Å². The molecule has 0 bridgehead atoms. The molecule has 2 aromatic carbocycles. The summed E-state index contributed by atoms with van der Waals surface area (Å²) in [6.07, 6.45) is -1.68. The number of nitrogens with zero attached hydrogens (tertiary/aromatic N) is 1. The lowest BCUT2D eigenvalue weighted by atomic mass is 9.72. The molecule has 2 heterocycles. The molecule has 0 saturated carbocycles. The molecule has 2 aromatic rings. The zero-order valence-corrected chi connectivity index (χ0v) is 21.5. The van der Waals surface area contributed by atoms with E-state index in [4.69, 9.17) is 18.9 Å². The summed E-state index contributed by atoms with van der Waals surface area (Å²) in [5.74, 6) is -3.00. The molecule has 1 fully saturated rings. The first kappa shape index (κ1) is 25.5. The predicted molar refractivity (Wildman–Crippen MR) is 134 cm³/mol. The number of ketones is 3. The average Bonchev–Trinajstić information content (AvgIpc) is 3.38. The van der Waals surface area contributed by atoms with Gasteiger partial charge >= 0.3 is 0 Å². The summed E-state index contributed by atoms with van der Waals surface area (Å²) < 4.78 is 23.0. The fourth-order valence-electron chi connectivity index (χ4n) is 6.12. The average molecular weight is 538 g/mol. The number of phenols is 2. The zero-order chi connectivity index (χ0) is 27.8. The lowest BCUT2D eigenvalue weighted by Crippen LogP contribution is -2.48. The topological polar surface area (TPSA) is 161 Å². The molecular formula is C28H27NO10. The van der Waals surface area contributed by atoms with Crippen LogP contribution >= 0.6 is 0 Å². The first-order valence-electron chi connectivity index (χ1n) is 12.6. The molecule has 0 radical (unpaired) electrons. The summed E-state index contributed by atoms with van der Waals surface area (Å²) in [5, 5.41) is 34.2. The predicted octanol–water partition coefficient (Wildman–Crippen LogP) is 2.14. The fraction of sp³-hybridized carbons (Fsp3) is 0.429. The molecular weight excluding hydrogens is 510 g/mol. The number of phenolic OH excluding ortho intramolecular Hbond substituents is 2. The number of aromatic hydroxyl groups is 2. The lowest BCUT2D eigenvalue weighted by Gasteiger charge is -2.41. The summed E-state index contributed by atoms with van der Waals surface area (Å²) >= 11 is 0. The van der Waals surface area contributed by atoms with E-state index in [2.05, 4.69) is 4.99 Å². The monoisotopic (exact) mass is 537 g/mol. The van der Waals surface area contributed by atoms with Crippen LogP contribution in [0.5, 0.6) is 17.2 Å². The van der Waals surface area contributed by atoms with Crippen molar-refractivity contribution in [3.05, 3.63) is 51.6 Å². The van der Waals surface area contributed by atoms with Gasteiger partial charge in [0.1, 0.15) is 29.0 Å². The maximum atomic E-state index is 13.7. The third-order valence-corrected chi connectivity index (χ3v) is 8.16. The number of hydrogen-bond acceptors (Lipinski definition) is 11. The van der Waals surface area contributed by atoms with E-state index in [-0.39, 0.29) is 64.7 Å². The maximum Gasteiger partial charge on any atom is 0.202 e. The molecule has 1 saturated heterocycles. The molecule has 4 aliphatic rings. The van der Waals surface area contributed by atoms with Crippen LogP contribution in [0.2, 0.25) is 0 Å². The first-order chi connectivity index (χ1) is 18.6. The van der Waals surface area contributed by atoms with Gasteiger partial charge in [0.05, 0.1) is 42.0 Å². The van der Waals surface area contributed by atoms with Crippen molar-refractivity contribution >= 4 is 23.8 Å². The Hall–Kier alpha value is -3.80. The van der Waals surface area contributed by atoms with Gasteiger partial charge in [0, 0.05) is 36.0 Å². The van der Waals surface area contributed by atoms with Crippen LogP contribution in [-0.2, 0) is 25.4 Å². The van der Waals surface area contributed by atoms with Crippen molar-refractivity contribution in [2.24, 2.45) is 4.99 Å². The number of ether oxygens (including phenoxy) is 4. The van der Waals surface area contributed by atoms with Gasteiger partial charge in [-0.3, -0.25) is 19.4 Å². The number of rotatable bonds is 4. The molecule has 2 aliphatic heterocycles. The van der Waals surface area contributed by atoms with Gasteiger partial charge in [-0.2, -0.15) is 0 Å². The second kappa shape index (κ2) is 8.87. The van der Waals surface area contributed by atoms with Gasteiger partial charge in [-0.15, -0.1) is 0 Å². The van der Waals surface area contributed by atoms with Gasteiger partial charge in [0.15, 0.2) is 24.3 Å². The van der Waals surface area contributed by atoms with Crippen molar-refractivity contribution in [3.8, 4) is 17.2 Å². The molecule has 0 spiro atoms. The standard InChI is InChI=1S/C28H27NO10/c1-11-27-15(29-10-37-27)7-18(38-11)39-17-9-28(35,12(2)30)8-14-20(17)26(34)22-21(24(14)32)23(31)13-5-4-6-16(36-3)19(13)25(22)33/h4-6,10-11,15,17-18,27,32,34-35H,7-9H2,1-3H3/t11?,15?,17-,18?,27?,28?/m0/s1. The van der Waals surface area contributed by atoms with Crippen molar-refractivity contribution < 1.29 is 48.7 Å². The molecule has 11 heteroatoms. The second-order valence-corrected chi connectivity index (χ2v) is 10.4. The summed E-state index contributed by atoms with van der Waals surface area (Å²) in [6, 6.07) is 4.25. The van der Waals surface area contributed by atoms with Crippen molar-refractivity contribution in [2.75, 3.05) is 7.11 Å². The number of benzene rings is 2. The number of carbonyl (C=O) groups is 3. The van der Waals surface area contributed by atoms with E-state index in [0.29, 0.717) is 6.42 Å². The maximum absolute atomic E-state index is 13.7. The third-order valence-electron chi connectivity index (χ3n) is 8.16. The Kier molecular flexibility index (Phi) is 5.79. The summed E-state index contributed by atoms with van der Waals surface area (Å²) in [7, 11) is 1.36. The van der Waals surface area contributed by atoms with Crippen LogP contribution in [0.4, 0.5) is 0 Å². The summed E-state index contributed by atoms with van der Waals surface area (Å²) in [5.41, 5.74) is -2.80. The molecule has 6 atom stereocenters. The molecule has 3 N–H and O–H groups in total. The van der Waals surface area contributed by atoms with Crippen LogP contribution in [-0.4, -0.2) is 76.3 Å². The number of Topliss-reactive ketones (excluding diaryl/α,β-unsaturated/α-hetero) is 1. The quantitative estimate of drug-likeness (QED) is 0.421. The van der Waals surface area contributed by atoms with Crippen LogP contribution < -0.4 is 4.74 Å². The molecule has 204 valence electrons. The SMILES string of the molecule is COc1cccc2c1C(=O)c1c(O)c3c(c(O)c1C2=O)CC(O)(C(C)=O)C[C@@H]3OC1CC2N=COC2C(C)O1. The Morgan fingerprint density at radius 3 is 2.59 bits per heavy atom. The first-order valence-corrected chi connectivity index (χ1v) is 12.6. The Balaban J connectivity index is 1.49. The van der Waals surface area contributed by atoms with Gasteiger partial charge in [-0.1, -0.05) is 12.1 Å². The van der Waals surface area contributed by atoms with Crippen LogP contribution in [0.1, 0.15) is 75.8 Å². The number of hydrogen-bond donors (Lipinski definition) is 3. The highest BCUT2D eigenvalue weighted by molar-refractivity contribution is 6.31. The van der Waals surface area contributed by atoms with E-state index in [9.17, 15) is 29.7 Å². The minimum atomic E-state index is -1.96. The van der Waals surface area contributed by atoms with E-state index in [1.807, 2.05) is 0 Å². The smallest absolute Gasteiger partial charge is 0.202 e. The third kappa shape index (κ3) is 3.68. The van der Waals surface area contributed by atoms with Gasteiger partial charge in [-0.05, 0) is 19.9 Å². The van der Waals surface area contributed by atoms with Crippen LogP contribution in [0.15, 0.2) is 23.2 Å². The molecule has 39 heavy (non-hydrogen) atoms. The molecule has 6 rings (SSSR count). The minimum Gasteiger partial charge on any atom is -0.507 e. The molecule has 5 unspecified atom stereocenters. The van der Waals surface area contributed by atoms with Crippen molar-refractivity contribution in [3.63, 3.8) is 0 Å². The van der Waals surface area contributed by atoms with Gasteiger partial charge in [0.25, 0.3) is 0 Å². The highest BCUT2D eigenvalue weighted by Crippen LogP contribution is 2.52. The Bertz CT molecular complexity index is 1460. The Morgan fingerprint density at radius 2 is 1.87 bits per heavy atom. The number of carbonyl (C=O) groups excluding carboxylic acids is 3. The molecule has 0 aromatic heterocycles. The molecule has 2 aliphatic carbocycles. The van der Waals surface area contributed by atoms with Crippen molar-refractivity contribution in [1.82, 2.24) is 0 Å². The fourth-order valence-corrected chi connectivity index (χ4v) is 6.12. The number of aliphatic hydroxyl groups is 1. The van der Waals surface area contributed by atoms with Gasteiger partial charge in [-0.25, -0.2) is 0 Å². The zero-order valence-electron chi connectivity index (χ0n) is 21.5. The summed E-state index contributed by atoms with van der Waals surface area (Å²) in [6.45, 7) is 3.01. The van der Waals surface area contributed by atoms with E-state index in [1.54, 1.807) is 6.92 Å². The van der Waals surface area contributed by atoms with E-state index < -0.39 is 52.4 Å². The molecule has 11 nitrogen and oxygen atoms in total. The second-order valence-electron chi connectivity index (χ2n) is 10.4. The normalized spacial score (nSPS) is 30.6.